The summed E-state index contributed by atoms with van der Waals surface area (Å²) in [5.41, 5.74) is 3.42. The van der Waals surface area contributed by atoms with Crippen molar-refractivity contribution in [3.63, 3.8) is 0 Å². The first-order chi connectivity index (χ1) is 15.7. The van der Waals surface area contributed by atoms with Gasteiger partial charge in [-0.05, 0) is 25.1 Å². The Morgan fingerprint density at radius 2 is 1.94 bits per heavy atom. The van der Waals surface area contributed by atoms with Gasteiger partial charge in [0.15, 0.2) is 10.1 Å². The molecule has 0 unspecified atom stereocenters. The van der Waals surface area contributed by atoms with Gasteiger partial charge < -0.3 is 9.73 Å². The highest BCUT2D eigenvalue weighted by molar-refractivity contribution is 8.00. The van der Waals surface area contributed by atoms with Gasteiger partial charge in [0.25, 0.3) is 5.91 Å². The molecule has 32 heavy (non-hydrogen) atoms. The molecule has 1 N–H and O–H groups in total. The summed E-state index contributed by atoms with van der Waals surface area (Å²) in [5.74, 6) is 0.647. The van der Waals surface area contributed by atoms with Crippen molar-refractivity contribution in [2.45, 2.75) is 23.6 Å². The number of carbonyl (C=O) groups is 1. The van der Waals surface area contributed by atoms with Crippen LogP contribution < -0.4 is 5.32 Å². The number of rotatable bonds is 7. The van der Waals surface area contributed by atoms with Crippen LogP contribution in [-0.2, 0) is 12.3 Å². The number of carbonyl (C=O) groups excluding carboxylic acids is 1. The average Bonchev–Trinajstić information content (AvgIpc) is 3.55. The van der Waals surface area contributed by atoms with Gasteiger partial charge >= 0.3 is 0 Å². The molecule has 7 nitrogen and oxygen atoms in total. The highest BCUT2D eigenvalue weighted by Gasteiger charge is 2.21. The molecule has 0 bridgehead atoms. The Morgan fingerprint density at radius 3 is 2.75 bits per heavy atom. The van der Waals surface area contributed by atoms with E-state index in [1.165, 1.54) is 11.3 Å². The summed E-state index contributed by atoms with van der Waals surface area (Å²) in [5, 5.41) is 17.4. The van der Waals surface area contributed by atoms with Crippen LogP contribution in [0.15, 0.2) is 75.7 Å². The van der Waals surface area contributed by atoms with Gasteiger partial charge in [0.2, 0.25) is 0 Å². The molecule has 1 amide bonds. The van der Waals surface area contributed by atoms with Crippen LogP contribution in [0.5, 0.6) is 0 Å². The highest BCUT2D eigenvalue weighted by atomic mass is 32.2. The molecular formula is C23H19N5O2S2. The summed E-state index contributed by atoms with van der Waals surface area (Å²) < 4.78 is 8.59. The summed E-state index contributed by atoms with van der Waals surface area (Å²) in [4.78, 5) is 13.0. The number of hydrogen-bond donors (Lipinski definition) is 1. The van der Waals surface area contributed by atoms with Crippen LogP contribution >= 0.6 is 23.1 Å². The topological polar surface area (TPSA) is 85.8 Å². The maximum absolute atomic E-state index is 13.0. The molecular weight excluding hydrogens is 442 g/mol. The SMILES string of the molecule is Cc1nnc(SCc2c(C(=O)NCc3cnn(-c4ccccc4)c3)oc3ccccc23)s1. The van der Waals surface area contributed by atoms with Gasteiger partial charge in [-0.25, -0.2) is 4.68 Å². The van der Waals surface area contributed by atoms with Gasteiger partial charge in [-0.3, -0.25) is 4.79 Å². The number of fused-ring (bicyclic) bond motifs is 1. The monoisotopic (exact) mass is 461 g/mol. The molecule has 0 aliphatic carbocycles. The number of nitrogens with one attached hydrogen (secondary N) is 1. The molecule has 5 aromatic rings. The Bertz CT molecular complexity index is 1370. The minimum atomic E-state index is -0.252. The Kier molecular flexibility index (Phi) is 5.74. The van der Waals surface area contributed by atoms with E-state index in [1.54, 1.807) is 22.6 Å². The molecule has 0 saturated heterocycles. The molecule has 3 aromatic heterocycles. The quantitative estimate of drug-likeness (QED) is 0.343. The number of benzene rings is 2. The van der Waals surface area contributed by atoms with Gasteiger partial charge in [0.05, 0.1) is 11.9 Å². The number of furan rings is 1. The third-order valence-electron chi connectivity index (χ3n) is 4.86. The Morgan fingerprint density at radius 1 is 1.12 bits per heavy atom. The third kappa shape index (κ3) is 4.30. The van der Waals surface area contributed by atoms with Gasteiger partial charge in [0.1, 0.15) is 10.6 Å². The maximum atomic E-state index is 13.0. The maximum Gasteiger partial charge on any atom is 0.287 e. The van der Waals surface area contributed by atoms with E-state index in [9.17, 15) is 4.79 Å². The van der Waals surface area contributed by atoms with Crippen LogP contribution in [0.2, 0.25) is 0 Å². The van der Waals surface area contributed by atoms with Crippen molar-refractivity contribution in [2.75, 3.05) is 0 Å². The summed E-state index contributed by atoms with van der Waals surface area (Å²) in [6, 6.07) is 17.5. The number of aryl methyl sites for hydroxylation is 1. The summed E-state index contributed by atoms with van der Waals surface area (Å²) in [7, 11) is 0. The lowest BCUT2D eigenvalue weighted by Gasteiger charge is -2.04. The third-order valence-corrected chi connectivity index (χ3v) is 6.86. The lowest BCUT2D eigenvalue weighted by molar-refractivity contribution is 0.0924. The summed E-state index contributed by atoms with van der Waals surface area (Å²) in [6.45, 7) is 2.28. The van der Waals surface area contributed by atoms with Gasteiger partial charge in [-0.2, -0.15) is 5.10 Å². The number of amides is 1. The summed E-state index contributed by atoms with van der Waals surface area (Å²) in [6.07, 6.45) is 3.66. The number of para-hydroxylation sites is 2. The molecule has 2 aromatic carbocycles. The zero-order chi connectivity index (χ0) is 21.9. The molecule has 0 aliphatic heterocycles. The van der Waals surface area contributed by atoms with Crippen LogP contribution in [-0.4, -0.2) is 25.9 Å². The molecule has 160 valence electrons. The molecule has 0 aliphatic rings. The van der Waals surface area contributed by atoms with E-state index in [1.807, 2.05) is 67.7 Å². The highest BCUT2D eigenvalue weighted by Crippen LogP contribution is 2.33. The van der Waals surface area contributed by atoms with E-state index in [0.717, 1.165) is 31.5 Å². The lowest BCUT2D eigenvalue weighted by Crippen LogP contribution is -2.23. The Labute approximate surface area is 192 Å². The van der Waals surface area contributed by atoms with Crippen LogP contribution in [0.25, 0.3) is 16.7 Å². The molecule has 0 fully saturated rings. The molecule has 3 heterocycles. The normalized spacial score (nSPS) is 11.2. The molecule has 5 rings (SSSR count). The molecule has 0 radical (unpaired) electrons. The van der Waals surface area contributed by atoms with Crippen molar-refractivity contribution in [2.24, 2.45) is 0 Å². The van der Waals surface area contributed by atoms with Gasteiger partial charge in [0, 0.05) is 35.0 Å². The zero-order valence-electron chi connectivity index (χ0n) is 17.2. The largest absolute Gasteiger partial charge is 0.451 e. The summed E-state index contributed by atoms with van der Waals surface area (Å²) >= 11 is 3.09. The predicted octanol–water partition coefficient (Wildman–Crippen LogP) is 5.00. The van der Waals surface area contributed by atoms with Crippen molar-refractivity contribution >= 4 is 40.0 Å². The standard InChI is InChI=1S/C23H19N5O2S2/c1-15-26-27-23(32-15)31-14-19-18-9-5-6-10-20(18)30-21(19)22(29)24-11-16-12-25-28(13-16)17-7-3-2-4-8-17/h2-10,12-13H,11,14H2,1H3,(H,24,29). The van der Waals surface area contributed by atoms with E-state index in [-0.39, 0.29) is 5.91 Å². The predicted molar refractivity (Wildman–Crippen MR) is 125 cm³/mol. The Hall–Kier alpha value is -3.43. The van der Waals surface area contributed by atoms with E-state index >= 15 is 0 Å². The van der Waals surface area contributed by atoms with Crippen LogP contribution in [0.4, 0.5) is 0 Å². The minimum absolute atomic E-state index is 0.252. The number of thioether (sulfide) groups is 1. The second kappa shape index (κ2) is 8.97. The lowest BCUT2D eigenvalue weighted by atomic mass is 10.1. The number of hydrogen-bond acceptors (Lipinski definition) is 7. The van der Waals surface area contributed by atoms with Crippen LogP contribution in [0, 0.1) is 6.92 Å². The molecule has 0 atom stereocenters. The fourth-order valence-corrected chi connectivity index (χ4v) is 5.18. The molecule has 0 spiro atoms. The fourth-order valence-electron chi connectivity index (χ4n) is 3.33. The average molecular weight is 462 g/mol. The van der Waals surface area contributed by atoms with E-state index in [2.05, 4.69) is 20.6 Å². The van der Waals surface area contributed by atoms with E-state index in [0.29, 0.717) is 23.6 Å². The first-order valence-corrected chi connectivity index (χ1v) is 11.8. The Balaban J connectivity index is 1.33. The zero-order valence-corrected chi connectivity index (χ0v) is 18.8. The molecule has 0 saturated carbocycles. The van der Waals surface area contributed by atoms with Crippen molar-refractivity contribution < 1.29 is 9.21 Å². The fraction of sp³-hybridized carbons (Fsp3) is 0.130. The van der Waals surface area contributed by atoms with E-state index in [4.69, 9.17) is 4.42 Å². The van der Waals surface area contributed by atoms with Crippen molar-refractivity contribution in [1.82, 2.24) is 25.3 Å². The number of nitrogens with zero attached hydrogens (tertiary/aromatic N) is 4. The van der Waals surface area contributed by atoms with Crippen molar-refractivity contribution in [3.05, 3.63) is 88.9 Å². The van der Waals surface area contributed by atoms with Crippen LogP contribution in [0.3, 0.4) is 0 Å². The van der Waals surface area contributed by atoms with Crippen molar-refractivity contribution in [3.8, 4) is 5.69 Å². The van der Waals surface area contributed by atoms with Gasteiger partial charge in [-0.1, -0.05) is 59.5 Å². The number of aromatic nitrogens is 4. The van der Waals surface area contributed by atoms with E-state index < -0.39 is 0 Å². The second-order valence-corrected chi connectivity index (χ2v) is 9.50. The minimum Gasteiger partial charge on any atom is -0.451 e. The first-order valence-electron chi connectivity index (χ1n) is 9.98. The molecule has 9 heteroatoms. The second-order valence-electron chi connectivity index (χ2n) is 7.09. The first kappa shape index (κ1) is 20.5. The van der Waals surface area contributed by atoms with Crippen LogP contribution in [0.1, 0.15) is 26.7 Å². The van der Waals surface area contributed by atoms with Crippen molar-refractivity contribution in [1.29, 1.82) is 0 Å². The van der Waals surface area contributed by atoms with Gasteiger partial charge in [-0.15, -0.1) is 10.2 Å². The smallest absolute Gasteiger partial charge is 0.287 e.